The van der Waals surface area contributed by atoms with Crippen molar-refractivity contribution in [2.45, 2.75) is 19.5 Å². The summed E-state index contributed by atoms with van der Waals surface area (Å²) < 4.78 is 19.0. The molecule has 0 saturated heterocycles. The summed E-state index contributed by atoms with van der Waals surface area (Å²) in [5.74, 6) is -1.12. The van der Waals surface area contributed by atoms with Crippen LogP contribution in [0.2, 0.25) is 0 Å². The van der Waals surface area contributed by atoms with E-state index in [2.05, 4.69) is 9.97 Å². The summed E-state index contributed by atoms with van der Waals surface area (Å²) in [6, 6.07) is 2.87. The molecule has 122 valence electrons. The monoisotopic (exact) mass is 337 g/mol. The van der Waals surface area contributed by atoms with Gasteiger partial charge in [0.15, 0.2) is 22.1 Å². The number of nitrogens with zero attached hydrogens (tertiary/aromatic N) is 1. The molecule has 0 bridgehead atoms. The molecule has 0 amide bonds. The lowest BCUT2D eigenvalue weighted by Gasteiger charge is -2.27. The number of methoxy groups -OCH3 is 1. The molecule has 23 heavy (non-hydrogen) atoms. The van der Waals surface area contributed by atoms with E-state index in [-0.39, 0.29) is 11.3 Å². The molecule has 3 N–H and O–H groups in total. The van der Waals surface area contributed by atoms with Gasteiger partial charge in [-0.2, -0.15) is 0 Å². The molecule has 3 rings (SSSR count). The second kappa shape index (κ2) is 6.13. The molecule has 1 aromatic carbocycles. The molecule has 0 atom stereocenters. The van der Waals surface area contributed by atoms with Crippen LogP contribution >= 0.6 is 12.2 Å². The molecule has 1 aliphatic heterocycles. The van der Waals surface area contributed by atoms with Crippen molar-refractivity contribution in [2.75, 3.05) is 13.7 Å². The van der Waals surface area contributed by atoms with E-state index in [0.717, 1.165) is 5.69 Å². The highest BCUT2D eigenvalue weighted by Crippen LogP contribution is 2.31. The van der Waals surface area contributed by atoms with Gasteiger partial charge in [-0.1, -0.05) is 0 Å². The van der Waals surface area contributed by atoms with E-state index in [1.54, 1.807) is 6.07 Å². The zero-order valence-corrected chi connectivity index (χ0v) is 13.3. The van der Waals surface area contributed by atoms with Gasteiger partial charge in [-0.3, -0.25) is 14.7 Å². The van der Waals surface area contributed by atoms with Gasteiger partial charge in [-0.05, 0) is 29.9 Å². The Bertz CT molecular complexity index is 862. The largest absolute Gasteiger partial charge is 0.502 e. The van der Waals surface area contributed by atoms with Gasteiger partial charge < -0.3 is 14.8 Å². The Morgan fingerprint density at radius 2 is 2.22 bits per heavy atom. The van der Waals surface area contributed by atoms with Crippen molar-refractivity contribution in [1.82, 2.24) is 14.9 Å². The molecule has 1 aromatic heterocycles. The molecule has 0 spiro atoms. The molecule has 1 aliphatic rings. The summed E-state index contributed by atoms with van der Waals surface area (Å²) in [4.78, 5) is 19.6. The van der Waals surface area contributed by atoms with Crippen LogP contribution in [0.1, 0.15) is 16.8 Å². The number of phenolic OH excluding ortho intramolecular Hbond substituents is 1. The Hall–Kier alpha value is -2.19. The average Bonchev–Trinajstić information content (AvgIpc) is 2.51. The van der Waals surface area contributed by atoms with E-state index in [1.165, 1.54) is 13.2 Å². The van der Waals surface area contributed by atoms with E-state index in [0.29, 0.717) is 42.0 Å². The minimum absolute atomic E-state index is 0.0966. The summed E-state index contributed by atoms with van der Waals surface area (Å²) in [5.41, 5.74) is 1.98. The van der Waals surface area contributed by atoms with Crippen molar-refractivity contribution in [2.24, 2.45) is 0 Å². The molecular formula is C15H16FN3O3S. The van der Waals surface area contributed by atoms with Gasteiger partial charge in [0.05, 0.1) is 12.7 Å². The van der Waals surface area contributed by atoms with Crippen molar-refractivity contribution >= 4 is 12.2 Å². The highest BCUT2D eigenvalue weighted by molar-refractivity contribution is 7.71. The third-order valence-corrected chi connectivity index (χ3v) is 4.11. The predicted molar refractivity (Wildman–Crippen MR) is 84.7 cm³/mol. The number of phenols is 1. The van der Waals surface area contributed by atoms with Gasteiger partial charge in [0.1, 0.15) is 0 Å². The average molecular weight is 337 g/mol. The zero-order valence-electron chi connectivity index (χ0n) is 12.5. The minimum Gasteiger partial charge on any atom is -0.502 e. The Balaban J connectivity index is 1.84. The van der Waals surface area contributed by atoms with Crippen molar-refractivity contribution in [3.8, 4) is 11.5 Å². The maximum Gasteiger partial charge on any atom is 0.256 e. The molecule has 8 heteroatoms. The van der Waals surface area contributed by atoms with Crippen LogP contribution in [0.3, 0.4) is 0 Å². The second-order valence-corrected chi connectivity index (χ2v) is 5.86. The summed E-state index contributed by atoms with van der Waals surface area (Å²) in [6.07, 6.45) is 0.667. The number of rotatable bonds is 3. The third-order valence-electron chi connectivity index (χ3n) is 3.90. The lowest BCUT2D eigenvalue weighted by molar-refractivity contribution is 0.240. The number of hydrogen-bond acceptors (Lipinski definition) is 5. The van der Waals surface area contributed by atoms with Gasteiger partial charge in [-0.15, -0.1) is 0 Å². The number of benzene rings is 1. The van der Waals surface area contributed by atoms with E-state index in [1.807, 2.05) is 4.90 Å². The van der Waals surface area contributed by atoms with Crippen LogP contribution in [0.4, 0.5) is 4.39 Å². The van der Waals surface area contributed by atoms with Crippen LogP contribution in [0, 0.1) is 10.6 Å². The van der Waals surface area contributed by atoms with Crippen molar-refractivity contribution in [3.05, 3.63) is 49.9 Å². The molecular weight excluding hydrogens is 321 g/mol. The fraction of sp³-hybridized carbons (Fsp3) is 0.333. The van der Waals surface area contributed by atoms with Gasteiger partial charge in [0.2, 0.25) is 0 Å². The summed E-state index contributed by atoms with van der Waals surface area (Å²) in [6.45, 7) is 1.61. The van der Waals surface area contributed by atoms with Gasteiger partial charge in [-0.25, -0.2) is 4.39 Å². The maximum atomic E-state index is 13.7. The van der Waals surface area contributed by atoms with Crippen molar-refractivity contribution < 1.29 is 14.2 Å². The third kappa shape index (κ3) is 3.13. The van der Waals surface area contributed by atoms with Crippen LogP contribution < -0.4 is 10.3 Å². The van der Waals surface area contributed by atoms with Gasteiger partial charge >= 0.3 is 0 Å². The predicted octanol–water partition coefficient (Wildman–Crippen LogP) is 1.84. The van der Waals surface area contributed by atoms with Crippen molar-refractivity contribution in [1.29, 1.82) is 0 Å². The van der Waals surface area contributed by atoms with E-state index < -0.39 is 11.6 Å². The highest BCUT2D eigenvalue weighted by Gasteiger charge is 2.20. The first-order valence-corrected chi connectivity index (χ1v) is 7.51. The number of ether oxygens (including phenoxy) is 1. The Kier molecular flexibility index (Phi) is 4.18. The molecule has 0 fully saturated rings. The molecule has 2 aromatic rings. The number of aromatic amines is 2. The Labute approximate surface area is 136 Å². The van der Waals surface area contributed by atoms with Gasteiger partial charge in [0.25, 0.3) is 5.56 Å². The SMILES string of the molecule is COc1cc(CN2CCc3[nH]c(=S)[nH]c(=O)c3C2)cc(F)c1O. The summed E-state index contributed by atoms with van der Waals surface area (Å²) in [7, 11) is 1.37. The highest BCUT2D eigenvalue weighted by atomic mass is 32.1. The first kappa shape index (κ1) is 15.7. The molecule has 2 heterocycles. The standard InChI is InChI=1S/C15H16FN3O3S/c1-22-12-5-8(4-10(16)13(12)20)6-19-3-2-11-9(7-19)14(21)18-15(23)17-11/h4-5,20H,2-3,6-7H2,1H3,(H2,17,18,21,23). The Morgan fingerprint density at radius 3 is 2.96 bits per heavy atom. The summed E-state index contributed by atoms with van der Waals surface area (Å²) >= 11 is 4.97. The molecule has 0 radical (unpaired) electrons. The maximum absolute atomic E-state index is 13.7. The number of H-pyrrole nitrogens is 2. The molecule has 0 aliphatic carbocycles. The van der Waals surface area contributed by atoms with Gasteiger partial charge in [0, 0.05) is 31.7 Å². The number of aromatic nitrogens is 2. The number of fused-ring (bicyclic) bond motifs is 1. The van der Waals surface area contributed by atoms with Crippen LogP contribution in [-0.4, -0.2) is 33.6 Å². The van der Waals surface area contributed by atoms with E-state index >= 15 is 0 Å². The van der Waals surface area contributed by atoms with Crippen molar-refractivity contribution in [3.63, 3.8) is 0 Å². The number of halogens is 1. The van der Waals surface area contributed by atoms with Crippen LogP contribution in [0.25, 0.3) is 0 Å². The number of nitrogens with one attached hydrogen (secondary N) is 2. The molecule has 0 unspecified atom stereocenters. The second-order valence-electron chi connectivity index (χ2n) is 5.45. The minimum atomic E-state index is -0.723. The lowest BCUT2D eigenvalue weighted by Crippen LogP contribution is -2.35. The first-order valence-electron chi connectivity index (χ1n) is 7.10. The molecule has 0 saturated carbocycles. The van der Waals surface area contributed by atoms with E-state index in [9.17, 15) is 14.3 Å². The topological polar surface area (TPSA) is 81.3 Å². The summed E-state index contributed by atoms with van der Waals surface area (Å²) in [5, 5.41) is 9.55. The van der Waals surface area contributed by atoms with Crippen LogP contribution in [-0.2, 0) is 19.5 Å². The quantitative estimate of drug-likeness (QED) is 0.745. The zero-order chi connectivity index (χ0) is 16.6. The molecule has 6 nitrogen and oxygen atoms in total. The lowest BCUT2D eigenvalue weighted by atomic mass is 10.1. The van der Waals surface area contributed by atoms with Crippen LogP contribution in [0.5, 0.6) is 11.5 Å². The number of hydrogen-bond donors (Lipinski definition) is 3. The normalized spacial score (nSPS) is 14.5. The number of aromatic hydroxyl groups is 1. The smallest absolute Gasteiger partial charge is 0.256 e. The first-order chi connectivity index (χ1) is 11.0. The van der Waals surface area contributed by atoms with E-state index in [4.69, 9.17) is 17.0 Å². The fourth-order valence-electron chi connectivity index (χ4n) is 2.78. The van der Waals surface area contributed by atoms with Crippen LogP contribution in [0.15, 0.2) is 16.9 Å². The fourth-order valence-corrected chi connectivity index (χ4v) is 3.00. The Morgan fingerprint density at radius 1 is 1.43 bits per heavy atom.